The maximum atomic E-state index is 12.5. The summed E-state index contributed by atoms with van der Waals surface area (Å²) in [7, 11) is 0. The third kappa shape index (κ3) is 2.16. The van der Waals surface area contributed by atoms with Crippen molar-refractivity contribution in [3.63, 3.8) is 0 Å². The standard InChI is InChI=1S/C10H15F3N2O/c11-10(12,13)9(3-4-9)14-7-8(16)15-5-1-2-6-15/h14H,1-7H2. The number of alkyl halides is 3. The first-order chi connectivity index (χ1) is 7.45. The number of hydrogen-bond donors (Lipinski definition) is 1. The van der Waals surface area contributed by atoms with Gasteiger partial charge in [0.1, 0.15) is 5.54 Å². The zero-order chi connectivity index (χ0) is 11.8. The van der Waals surface area contributed by atoms with E-state index < -0.39 is 11.7 Å². The monoisotopic (exact) mass is 236 g/mol. The highest BCUT2D eigenvalue weighted by Crippen LogP contribution is 2.48. The van der Waals surface area contributed by atoms with Gasteiger partial charge in [-0.15, -0.1) is 0 Å². The third-order valence-corrected chi connectivity index (χ3v) is 3.33. The minimum atomic E-state index is -4.24. The Labute approximate surface area is 92.0 Å². The van der Waals surface area contributed by atoms with Crippen LogP contribution in [0.5, 0.6) is 0 Å². The van der Waals surface area contributed by atoms with Crippen molar-refractivity contribution in [3.8, 4) is 0 Å². The Morgan fingerprint density at radius 2 is 1.81 bits per heavy atom. The Bertz CT molecular complexity index is 280. The Kier molecular flexibility index (Phi) is 2.86. The molecule has 2 fully saturated rings. The van der Waals surface area contributed by atoms with Gasteiger partial charge in [-0.2, -0.15) is 13.2 Å². The summed E-state index contributed by atoms with van der Waals surface area (Å²) in [6, 6.07) is 0. The van der Waals surface area contributed by atoms with E-state index in [1.165, 1.54) is 0 Å². The molecular formula is C10H15F3N2O. The molecule has 0 radical (unpaired) electrons. The Balaban J connectivity index is 1.81. The molecule has 1 amide bonds. The van der Waals surface area contributed by atoms with Crippen LogP contribution in [0.1, 0.15) is 25.7 Å². The summed E-state index contributed by atoms with van der Waals surface area (Å²) in [4.78, 5) is 13.2. The van der Waals surface area contributed by atoms with Gasteiger partial charge in [0.15, 0.2) is 0 Å². The van der Waals surface area contributed by atoms with Crippen molar-refractivity contribution in [1.29, 1.82) is 0 Å². The number of carbonyl (C=O) groups is 1. The molecule has 0 aromatic heterocycles. The maximum Gasteiger partial charge on any atom is 0.406 e. The molecule has 2 rings (SSSR count). The number of nitrogens with one attached hydrogen (secondary N) is 1. The Morgan fingerprint density at radius 1 is 1.25 bits per heavy atom. The molecule has 92 valence electrons. The average molecular weight is 236 g/mol. The molecule has 0 bridgehead atoms. The molecule has 1 saturated heterocycles. The summed E-state index contributed by atoms with van der Waals surface area (Å²) in [6.07, 6.45) is -2.15. The Morgan fingerprint density at radius 3 is 2.25 bits per heavy atom. The molecule has 6 heteroatoms. The molecule has 1 saturated carbocycles. The van der Waals surface area contributed by atoms with E-state index in [0.717, 1.165) is 12.8 Å². The van der Waals surface area contributed by atoms with E-state index in [2.05, 4.69) is 5.32 Å². The second-order valence-corrected chi connectivity index (χ2v) is 4.52. The van der Waals surface area contributed by atoms with Crippen LogP contribution in [0.15, 0.2) is 0 Å². The first-order valence-electron chi connectivity index (χ1n) is 5.54. The lowest BCUT2D eigenvalue weighted by atomic mass is 10.2. The van der Waals surface area contributed by atoms with Gasteiger partial charge in [0, 0.05) is 13.1 Å². The van der Waals surface area contributed by atoms with E-state index in [-0.39, 0.29) is 25.3 Å². The lowest BCUT2D eigenvalue weighted by Gasteiger charge is -2.22. The van der Waals surface area contributed by atoms with Gasteiger partial charge >= 0.3 is 6.18 Å². The summed E-state index contributed by atoms with van der Waals surface area (Å²) in [5, 5.41) is 2.37. The summed E-state index contributed by atoms with van der Waals surface area (Å²) in [5.41, 5.74) is -1.78. The van der Waals surface area contributed by atoms with Gasteiger partial charge in [0.2, 0.25) is 5.91 Å². The van der Waals surface area contributed by atoms with Gasteiger partial charge in [-0.1, -0.05) is 0 Å². The molecule has 16 heavy (non-hydrogen) atoms. The van der Waals surface area contributed by atoms with E-state index in [0.29, 0.717) is 13.1 Å². The van der Waals surface area contributed by atoms with E-state index >= 15 is 0 Å². The second kappa shape index (κ2) is 3.91. The molecule has 0 spiro atoms. The Hall–Kier alpha value is -0.780. The van der Waals surface area contributed by atoms with Crippen molar-refractivity contribution >= 4 is 5.91 Å². The maximum absolute atomic E-state index is 12.5. The first-order valence-corrected chi connectivity index (χ1v) is 5.54. The molecular weight excluding hydrogens is 221 g/mol. The molecule has 0 aromatic carbocycles. The smallest absolute Gasteiger partial charge is 0.342 e. The van der Waals surface area contributed by atoms with Crippen LogP contribution in [-0.4, -0.2) is 42.2 Å². The average Bonchev–Trinajstić information content (AvgIpc) is 2.80. The first kappa shape index (κ1) is 11.7. The van der Waals surface area contributed by atoms with Gasteiger partial charge in [0.25, 0.3) is 0 Å². The molecule has 1 N–H and O–H groups in total. The lowest BCUT2D eigenvalue weighted by Crippen LogP contribution is -2.49. The highest BCUT2D eigenvalue weighted by molar-refractivity contribution is 5.78. The van der Waals surface area contributed by atoms with Crippen LogP contribution >= 0.6 is 0 Å². The number of likely N-dealkylation sites (tertiary alicyclic amines) is 1. The fourth-order valence-corrected chi connectivity index (χ4v) is 2.01. The largest absolute Gasteiger partial charge is 0.406 e. The number of halogens is 3. The number of amides is 1. The quantitative estimate of drug-likeness (QED) is 0.801. The van der Waals surface area contributed by atoms with Crippen molar-refractivity contribution in [3.05, 3.63) is 0 Å². The van der Waals surface area contributed by atoms with Crippen LogP contribution in [0.3, 0.4) is 0 Å². The van der Waals surface area contributed by atoms with E-state index in [1.807, 2.05) is 0 Å². The van der Waals surface area contributed by atoms with E-state index in [1.54, 1.807) is 4.90 Å². The zero-order valence-corrected chi connectivity index (χ0v) is 8.94. The van der Waals surface area contributed by atoms with Crippen LogP contribution in [0.25, 0.3) is 0 Å². The van der Waals surface area contributed by atoms with Crippen LogP contribution in [0, 0.1) is 0 Å². The predicted octanol–water partition coefficient (Wildman–Crippen LogP) is 1.29. The molecule has 1 aliphatic carbocycles. The topological polar surface area (TPSA) is 32.3 Å². The minimum absolute atomic E-state index is 0.0871. The van der Waals surface area contributed by atoms with Gasteiger partial charge in [0.05, 0.1) is 6.54 Å². The second-order valence-electron chi connectivity index (χ2n) is 4.52. The van der Waals surface area contributed by atoms with Gasteiger partial charge in [-0.05, 0) is 25.7 Å². The molecule has 0 atom stereocenters. The SMILES string of the molecule is O=C(CNC1(C(F)(F)F)CC1)N1CCCC1. The van der Waals surface area contributed by atoms with Crippen molar-refractivity contribution in [2.45, 2.75) is 37.4 Å². The van der Waals surface area contributed by atoms with Crippen LogP contribution in [0.2, 0.25) is 0 Å². The van der Waals surface area contributed by atoms with E-state index in [9.17, 15) is 18.0 Å². The van der Waals surface area contributed by atoms with Crippen molar-refractivity contribution in [1.82, 2.24) is 10.2 Å². The normalized spacial score (nSPS) is 23.6. The van der Waals surface area contributed by atoms with Crippen LogP contribution in [0.4, 0.5) is 13.2 Å². The number of nitrogens with zero attached hydrogens (tertiary/aromatic N) is 1. The van der Waals surface area contributed by atoms with Crippen molar-refractivity contribution in [2.75, 3.05) is 19.6 Å². The van der Waals surface area contributed by atoms with Gasteiger partial charge in [-0.3, -0.25) is 10.1 Å². The minimum Gasteiger partial charge on any atom is -0.342 e. The van der Waals surface area contributed by atoms with Gasteiger partial charge < -0.3 is 4.90 Å². The fraction of sp³-hybridized carbons (Fsp3) is 0.900. The van der Waals surface area contributed by atoms with Crippen molar-refractivity contribution < 1.29 is 18.0 Å². The fourth-order valence-electron chi connectivity index (χ4n) is 2.01. The molecule has 1 heterocycles. The zero-order valence-electron chi connectivity index (χ0n) is 8.94. The summed E-state index contributed by atoms with van der Waals surface area (Å²) in [6.45, 7) is 1.17. The van der Waals surface area contributed by atoms with Crippen molar-refractivity contribution in [2.24, 2.45) is 0 Å². The number of carbonyl (C=O) groups excluding carboxylic acids is 1. The van der Waals surface area contributed by atoms with Gasteiger partial charge in [-0.25, -0.2) is 0 Å². The lowest BCUT2D eigenvalue weighted by molar-refractivity contribution is -0.166. The summed E-state index contributed by atoms with van der Waals surface area (Å²) in [5.74, 6) is -0.215. The molecule has 3 nitrogen and oxygen atoms in total. The summed E-state index contributed by atoms with van der Waals surface area (Å²) < 4.78 is 37.6. The van der Waals surface area contributed by atoms with Crippen LogP contribution < -0.4 is 5.32 Å². The predicted molar refractivity (Wildman–Crippen MR) is 51.8 cm³/mol. The number of rotatable bonds is 3. The number of hydrogen-bond acceptors (Lipinski definition) is 2. The highest BCUT2D eigenvalue weighted by Gasteiger charge is 2.63. The summed E-state index contributed by atoms with van der Waals surface area (Å²) >= 11 is 0. The molecule has 1 aliphatic heterocycles. The molecule has 0 unspecified atom stereocenters. The van der Waals surface area contributed by atoms with Crippen LogP contribution in [-0.2, 0) is 4.79 Å². The molecule has 2 aliphatic rings. The molecule has 0 aromatic rings. The highest BCUT2D eigenvalue weighted by atomic mass is 19.4. The van der Waals surface area contributed by atoms with E-state index in [4.69, 9.17) is 0 Å². The third-order valence-electron chi connectivity index (χ3n) is 3.33.